The predicted molar refractivity (Wildman–Crippen MR) is 114 cm³/mol. The first kappa shape index (κ1) is 20.4. The van der Waals surface area contributed by atoms with Crippen LogP contribution in [0.4, 0.5) is 11.4 Å². The van der Waals surface area contributed by atoms with Crippen LogP contribution in [-0.2, 0) is 6.54 Å². The third-order valence-corrected chi connectivity index (χ3v) is 4.69. The SMILES string of the molecule is CCN(CC)CCNCc1ccc(C(=O)Nc2ccccc2NP)cc1. The summed E-state index contributed by atoms with van der Waals surface area (Å²) in [5, 5.41) is 9.39. The molecule has 2 aromatic rings. The molecule has 2 aromatic carbocycles. The van der Waals surface area contributed by atoms with E-state index in [0.717, 1.165) is 44.1 Å². The van der Waals surface area contributed by atoms with E-state index in [1.807, 2.05) is 48.5 Å². The van der Waals surface area contributed by atoms with Gasteiger partial charge in [-0.15, -0.1) is 0 Å². The van der Waals surface area contributed by atoms with E-state index in [-0.39, 0.29) is 5.91 Å². The zero-order valence-corrected chi connectivity index (χ0v) is 16.7. The molecular formula is C20H29N4OP. The van der Waals surface area contributed by atoms with Crippen LogP contribution in [0.3, 0.4) is 0 Å². The summed E-state index contributed by atoms with van der Waals surface area (Å²) in [6.07, 6.45) is 0. The van der Waals surface area contributed by atoms with Crippen LogP contribution in [0.1, 0.15) is 29.8 Å². The van der Waals surface area contributed by atoms with E-state index in [4.69, 9.17) is 0 Å². The van der Waals surface area contributed by atoms with E-state index in [1.165, 1.54) is 5.56 Å². The molecule has 0 aliphatic carbocycles. The molecule has 0 fully saturated rings. The maximum Gasteiger partial charge on any atom is 0.255 e. The molecule has 3 N–H and O–H groups in total. The Bertz CT molecular complexity index is 686. The normalized spacial score (nSPS) is 10.8. The van der Waals surface area contributed by atoms with Crippen LogP contribution in [0.15, 0.2) is 48.5 Å². The molecule has 0 radical (unpaired) electrons. The molecule has 6 heteroatoms. The Balaban J connectivity index is 1.85. The minimum atomic E-state index is -0.112. The number of anilines is 2. The summed E-state index contributed by atoms with van der Waals surface area (Å²) in [4.78, 5) is 14.8. The predicted octanol–water partition coefficient (Wildman–Crippen LogP) is 3.57. The number of hydrogen-bond donors (Lipinski definition) is 3. The Morgan fingerprint density at radius 1 is 1.00 bits per heavy atom. The molecule has 0 aliphatic rings. The van der Waals surface area contributed by atoms with Crippen molar-refractivity contribution in [2.75, 3.05) is 36.6 Å². The Kier molecular flexibility index (Phi) is 8.56. The third kappa shape index (κ3) is 6.10. The molecule has 26 heavy (non-hydrogen) atoms. The quantitative estimate of drug-likeness (QED) is 0.441. The van der Waals surface area contributed by atoms with E-state index >= 15 is 0 Å². The van der Waals surface area contributed by atoms with Crippen LogP contribution in [0.25, 0.3) is 0 Å². The first-order valence-electron chi connectivity index (χ1n) is 9.07. The molecular weight excluding hydrogens is 343 g/mol. The van der Waals surface area contributed by atoms with Gasteiger partial charge >= 0.3 is 0 Å². The average molecular weight is 372 g/mol. The van der Waals surface area contributed by atoms with Crippen molar-refractivity contribution in [2.24, 2.45) is 0 Å². The highest BCUT2D eigenvalue weighted by atomic mass is 31.0. The van der Waals surface area contributed by atoms with Crippen LogP contribution in [-0.4, -0.2) is 37.0 Å². The third-order valence-electron chi connectivity index (χ3n) is 4.38. The maximum atomic E-state index is 12.4. The highest BCUT2D eigenvalue weighted by Gasteiger charge is 2.08. The van der Waals surface area contributed by atoms with Crippen LogP contribution in [0, 0.1) is 0 Å². The van der Waals surface area contributed by atoms with Gasteiger partial charge < -0.3 is 20.6 Å². The number of carbonyl (C=O) groups excluding carboxylic acids is 1. The molecule has 5 nitrogen and oxygen atoms in total. The summed E-state index contributed by atoms with van der Waals surface area (Å²) in [5.41, 5.74) is 3.44. The summed E-state index contributed by atoms with van der Waals surface area (Å²) >= 11 is 0. The molecule has 1 amide bonds. The molecule has 0 saturated carbocycles. The Morgan fingerprint density at radius 3 is 2.27 bits per heavy atom. The first-order chi connectivity index (χ1) is 12.7. The summed E-state index contributed by atoms with van der Waals surface area (Å²) in [5.74, 6) is -0.112. The number of rotatable bonds is 10. The lowest BCUT2D eigenvalue weighted by atomic mass is 10.1. The topological polar surface area (TPSA) is 56.4 Å². The Hall–Kier alpha value is -1.94. The molecule has 1 unspecified atom stereocenters. The van der Waals surface area contributed by atoms with Gasteiger partial charge in [0.1, 0.15) is 0 Å². The van der Waals surface area contributed by atoms with Crippen LogP contribution in [0.5, 0.6) is 0 Å². The number of likely N-dealkylation sites (N-methyl/N-ethyl adjacent to an activating group) is 1. The van der Waals surface area contributed by atoms with E-state index in [0.29, 0.717) is 5.56 Å². The lowest BCUT2D eigenvalue weighted by Crippen LogP contribution is -2.31. The first-order valence-corrected chi connectivity index (χ1v) is 9.64. The Labute approximate surface area is 158 Å². The van der Waals surface area contributed by atoms with Gasteiger partial charge in [0, 0.05) is 25.2 Å². The highest BCUT2D eigenvalue weighted by molar-refractivity contribution is 7.18. The van der Waals surface area contributed by atoms with Gasteiger partial charge in [0.25, 0.3) is 5.91 Å². The van der Waals surface area contributed by atoms with Crippen molar-refractivity contribution in [1.29, 1.82) is 0 Å². The van der Waals surface area contributed by atoms with Crippen molar-refractivity contribution in [2.45, 2.75) is 20.4 Å². The molecule has 0 bridgehead atoms. The summed E-state index contributed by atoms with van der Waals surface area (Å²) in [6, 6.07) is 15.3. The van der Waals surface area contributed by atoms with Crippen molar-refractivity contribution in [3.63, 3.8) is 0 Å². The largest absolute Gasteiger partial charge is 0.368 e. The summed E-state index contributed by atoms with van der Waals surface area (Å²) in [6.45, 7) is 9.35. The number of para-hydroxylation sites is 2. The second kappa shape index (κ2) is 10.9. The number of nitrogens with one attached hydrogen (secondary N) is 3. The van der Waals surface area contributed by atoms with Gasteiger partial charge in [-0.3, -0.25) is 4.79 Å². The second-order valence-corrected chi connectivity index (χ2v) is 6.33. The van der Waals surface area contributed by atoms with E-state index in [2.05, 4.69) is 43.9 Å². The number of amides is 1. The molecule has 0 saturated heterocycles. The van der Waals surface area contributed by atoms with Crippen LogP contribution in [0.2, 0.25) is 0 Å². The van der Waals surface area contributed by atoms with Crippen LogP contribution >= 0.6 is 9.39 Å². The van der Waals surface area contributed by atoms with Gasteiger partial charge in [0.15, 0.2) is 0 Å². The van der Waals surface area contributed by atoms with Gasteiger partial charge in [-0.25, -0.2) is 0 Å². The summed E-state index contributed by atoms with van der Waals surface area (Å²) in [7, 11) is 2.44. The van der Waals surface area contributed by atoms with Crippen molar-refractivity contribution in [1.82, 2.24) is 10.2 Å². The lowest BCUT2D eigenvalue weighted by Gasteiger charge is -2.18. The number of nitrogens with zero attached hydrogens (tertiary/aromatic N) is 1. The number of hydrogen-bond acceptors (Lipinski definition) is 4. The molecule has 0 aromatic heterocycles. The zero-order valence-electron chi connectivity index (χ0n) is 15.6. The molecule has 140 valence electrons. The van der Waals surface area contributed by atoms with E-state index in [1.54, 1.807) is 0 Å². The van der Waals surface area contributed by atoms with Gasteiger partial charge in [0.2, 0.25) is 0 Å². The molecule has 2 rings (SSSR count). The van der Waals surface area contributed by atoms with Crippen molar-refractivity contribution in [3.8, 4) is 0 Å². The second-order valence-electron chi connectivity index (χ2n) is 6.04. The zero-order chi connectivity index (χ0) is 18.8. The van der Waals surface area contributed by atoms with Gasteiger partial charge in [0.05, 0.1) is 11.4 Å². The average Bonchev–Trinajstić information content (AvgIpc) is 2.69. The fourth-order valence-corrected chi connectivity index (χ4v) is 2.95. The Morgan fingerprint density at radius 2 is 1.65 bits per heavy atom. The monoisotopic (exact) mass is 372 g/mol. The highest BCUT2D eigenvalue weighted by Crippen LogP contribution is 2.22. The van der Waals surface area contributed by atoms with Gasteiger partial charge in [-0.05, 0) is 52.3 Å². The van der Waals surface area contributed by atoms with Gasteiger partial charge in [-0.1, -0.05) is 38.1 Å². The minimum Gasteiger partial charge on any atom is -0.368 e. The fourth-order valence-electron chi connectivity index (χ4n) is 2.70. The molecule has 0 aliphatic heterocycles. The summed E-state index contributed by atoms with van der Waals surface area (Å²) < 4.78 is 0. The van der Waals surface area contributed by atoms with Crippen molar-refractivity contribution >= 4 is 26.7 Å². The lowest BCUT2D eigenvalue weighted by molar-refractivity contribution is 0.102. The maximum absolute atomic E-state index is 12.4. The standard InChI is InChI=1S/C20H29N4OP/c1-3-24(4-2)14-13-21-15-16-9-11-17(12-10-16)20(25)22-18-7-5-6-8-19(18)23-26/h5-12,21,23H,3-4,13-15,26H2,1-2H3,(H,22,25). The molecule has 0 spiro atoms. The minimum absolute atomic E-state index is 0.112. The van der Waals surface area contributed by atoms with Crippen molar-refractivity contribution in [3.05, 3.63) is 59.7 Å². The fraction of sp³-hybridized carbons (Fsp3) is 0.350. The smallest absolute Gasteiger partial charge is 0.255 e. The van der Waals surface area contributed by atoms with Crippen molar-refractivity contribution < 1.29 is 4.79 Å². The van der Waals surface area contributed by atoms with Gasteiger partial charge in [-0.2, -0.15) is 0 Å². The van der Waals surface area contributed by atoms with E-state index in [9.17, 15) is 4.79 Å². The van der Waals surface area contributed by atoms with Crippen LogP contribution < -0.4 is 15.7 Å². The number of benzene rings is 2. The molecule has 1 atom stereocenters. The number of carbonyl (C=O) groups is 1. The molecule has 0 heterocycles. The van der Waals surface area contributed by atoms with E-state index < -0.39 is 0 Å².